The first-order chi connectivity index (χ1) is 16.0. The van der Waals surface area contributed by atoms with Crippen LogP contribution in [0.3, 0.4) is 0 Å². The van der Waals surface area contributed by atoms with Crippen molar-refractivity contribution < 1.29 is 14.6 Å². The molecule has 0 saturated heterocycles. The molecule has 172 valence electrons. The van der Waals surface area contributed by atoms with Gasteiger partial charge in [-0.25, -0.2) is 14.8 Å². The highest BCUT2D eigenvalue weighted by Gasteiger charge is 2.28. The maximum atomic E-state index is 12.1. The molecule has 8 heteroatoms. The first-order valence-corrected chi connectivity index (χ1v) is 11.4. The van der Waals surface area contributed by atoms with Crippen LogP contribution in [0.1, 0.15) is 43.7 Å². The number of hydrogen-bond acceptors (Lipinski definition) is 5. The third-order valence-corrected chi connectivity index (χ3v) is 6.41. The fraction of sp³-hybridized carbons (Fsp3) is 0.440. The Balaban J connectivity index is 1.47. The molecule has 1 aliphatic rings. The first kappa shape index (κ1) is 22.6. The molecule has 1 fully saturated rings. The van der Waals surface area contributed by atoms with Crippen LogP contribution in [0.2, 0.25) is 0 Å². The number of carbonyl (C=O) groups is 1. The largest absolute Gasteiger partial charge is 0.478 e. The number of benzene rings is 1. The van der Waals surface area contributed by atoms with Gasteiger partial charge in [0.05, 0.1) is 47.5 Å². The third-order valence-electron chi connectivity index (χ3n) is 6.41. The standard InChI is InChI=1S/C25H29N5O3/c1-3-33-24-9-17(2)23(13-27-24)30(25(31)32)15-20-6-4-5-19(10-20)14-29-16-28-21-8-7-18(12-26)11-22(21)29/h7-9,11,13,16,19-20H,3-6,10,14-15H2,1-2H3,(H,31,32). The van der Waals surface area contributed by atoms with Crippen LogP contribution in [0.15, 0.2) is 36.8 Å². The molecule has 2 aromatic heterocycles. The summed E-state index contributed by atoms with van der Waals surface area (Å²) >= 11 is 0. The molecule has 1 amide bonds. The summed E-state index contributed by atoms with van der Waals surface area (Å²) in [6.45, 7) is 5.56. The highest BCUT2D eigenvalue weighted by Crippen LogP contribution is 2.33. The van der Waals surface area contributed by atoms with Crippen molar-refractivity contribution in [2.45, 2.75) is 46.1 Å². The zero-order valence-corrected chi connectivity index (χ0v) is 19.1. The van der Waals surface area contributed by atoms with E-state index in [0.717, 1.165) is 48.8 Å². The minimum atomic E-state index is -0.962. The van der Waals surface area contributed by atoms with Gasteiger partial charge in [-0.15, -0.1) is 0 Å². The summed E-state index contributed by atoms with van der Waals surface area (Å²) in [4.78, 5) is 22.3. The molecule has 4 rings (SSSR count). The number of nitriles is 1. The second kappa shape index (κ2) is 9.90. The van der Waals surface area contributed by atoms with Gasteiger partial charge in [-0.05, 0) is 68.7 Å². The summed E-state index contributed by atoms with van der Waals surface area (Å²) in [5.74, 6) is 1.21. The maximum absolute atomic E-state index is 12.1. The Hall–Kier alpha value is -3.60. The molecule has 2 atom stereocenters. The fourth-order valence-electron chi connectivity index (χ4n) is 4.85. The smallest absolute Gasteiger partial charge is 0.411 e. The molecule has 1 aromatic carbocycles. The molecule has 0 spiro atoms. The maximum Gasteiger partial charge on any atom is 0.411 e. The summed E-state index contributed by atoms with van der Waals surface area (Å²) in [7, 11) is 0. The van der Waals surface area contributed by atoms with E-state index in [2.05, 4.69) is 20.6 Å². The minimum Gasteiger partial charge on any atom is -0.478 e. The summed E-state index contributed by atoms with van der Waals surface area (Å²) in [5.41, 5.74) is 3.93. The Kier molecular flexibility index (Phi) is 6.78. The fourth-order valence-corrected chi connectivity index (χ4v) is 4.85. The molecule has 33 heavy (non-hydrogen) atoms. The third kappa shape index (κ3) is 5.08. The molecule has 3 aromatic rings. The van der Waals surface area contributed by atoms with E-state index in [4.69, 9.17) is 4.74 Å². The Morgan fingerprint density at radius 3 is 2.85 bits per heavy atom. The lowest BCUT2D eigenvalue weighted by atomic mass is 9.81. The lowest BCUT2D eigenvalue weighted by Gasteiger charge is -2.33. The van der Waals surface area contributed by atoms with Gasteiger partial charge < -0.3 is 14.4 Å². The highest BCUT2D eigenvalue weighted by molar-refractivity contribution is 5.87. The zero-order valence-electron chi connectivity index (χ0n) is 19.1. The number of imidazole rings is 1. The van der Waals surface area contributed by atoms with Gasteiger partial charge in [0.25, 0.3) is 0 Å². The number of aromatic nitrogens is 3. The normalized spacial score (nSPS) is 18.1. The van der Waals surface area contributed by atoms with Gasteiger partial charge >= 0.3 is 6.09 Å². The van der Waals surface area contributed by atoms with E-state index in [1.54, 1.807) is 18.3 Å². The number of hydrogen-bond donors (Lipinski definition) is 1. The Morgan fingerprint density at radius 1 is 1.30 bits per heavy atom. The van der Waals surface area contributed by atoms with Crippen molar-refractivity contribution in [2.75, 3.05) is 18.1 Å². The summed E-state index contributed by atoms with van der Waals surface area (Å²) in [6, 6.07) is 9.54. The Bertz CT molecular complexity index is 1180. The Labute approximate surface area is 193 Å². The number of pyridine rings is 1. The van der Waals surface area contributed by atoms with E-state index in [1.165, 1.54) is 4.90 Å². The van der Waals surface area contributed by atoms with Crippen molar-refractivity contribution >= 4 is 22.8 Å². The minimum absolute atomic E-state index is 0.273. The van der Waals surface area contributed by atoms with Crippen LogP contribution >= 0.6 is 0 Å². The van der Waals surface area contributed by atoms with E-state index in [9.17, 15) is 15.2 Å². The molecule has 1 aliphatic carbocycles. The zero-order chi connectivity index (χ0) is 23.4. The van der Waals surface area contributed by atoms with Crippen molar-refractivity contribution in [1.82, 2.24) is 14.5 Å². The molecule has 2 heterocycles. The number of aryl methyl sites for hydroxylation is 1. The van der Waals surface area contributed by atoms with E-state index in [1.807, 2.05) is 32.3 Å². The summed E-state index contributed by atoms with van der Waals surface area (Å²) < 4.78 is 7.56. The van der Waals surface area contributed by atoms with Crippen LogP contribution in [-0.2, 0) is 6.54 Å². The second-order valence-electron chi connectivity index (χ2n) is 8.75. The number of amides is 1. The average molecular weight is 448 g/mol. The van der Waals surface area contributed by atoms with Gasteiger partial charge in [-0.2, -0.15) is 5.26 Å². The molecule has 2 unspecified atom stereocenters. The van der Waals surface area contributed by atoms with Gasteiger partial charge in [0.15, 0.2) is 0 Å². The van der Waals surface area contributed by atoms with Gasteiger partial charge in [-0.1, -0.05) is 6.42 Å². The van der Waals surface area contributed by atoms with Gasteiger partial charge in [0.2, 0.25) is 5.88 Å². The van der Waals surface area contributed by atoms with E-state index in [-0.39, 0.29) is 5.92 Å². The molecular weight excluding hydrogens is 418 g/mol. The number of fused-ring (bicyclic) bond motifs is 1. The van der Waals surface area contributed by atoms with Crippen molar-refractivity contribution in [2.24, 2.45) is 11.8 Å². The lowest BCUT2D eigenvalue weighted by molar-refractivity contribution is 0.195. The van der Waals surface area contributed by atoms with Crippen LogP contribution < -0.4 is 9.64 Å². The second-order valence-corrected chi connectivity index (χ2v) is 8.75. The predicted molar refractivity (Wildman–Crippen MR) is 125 cm³/mol. The molecular formula is C25H29N5O3. The SMILES string of the molecule is CCOc1cc(C)c(N(CC2CCCC(Cn3cnc4ccc(C#N)cc43)C2)C(=O)O)cn1. The number of carboxylic acid groups (broad SMARTS) is 1. The molecule has 0 radical (unpaired) electrons. The molecule has 1 N–H and O–H groups in total. The van der Waals surface area contributed by atoms with Crippen LogP contribution in [0.4, 0.5) is 10.5 Å². The van der Waals surface area contributed by atoms with E-state index >= 15 is 0 Å². The van der Waals surface area contributed by atoms with Gasteiger partial charge in [0, 0.05) is 19.2 Å². The highest BCUT2D eigenvalue weighted by atomic mass is 16.5. The first-order valence-electron chi connectivity index (χ1n) is 11.4. The predicted octanol–water partition coefficient (Wildman–Crippen LogP) is 5.00. The van der Waals surface area contributed by atoms with Crippen LogP contribution in [-0.4, -0.2) is 38.9 Å². The molecule has 8 nitrogen and oxygen atoms in total. The number of nitrogens with zero attached hydrogens (tertiary/aromatic N) is 5. The summed E-state index contributed by atoms with van der Waals surface area (Å²) in [5, 5.41) is 19.1. The molecule has 0 bridgehead atoms. The number of anilines is 1. The van der Waals surface area contributed by atoms with Crippen molar-refractivity contribution in [3.63, 3.8) is 0 Å². The van der Waals surface area contributed by atoms with Gasteiger partial charge in [-0.3, -0.25) is 4.90 Å². The number of ether oxygens (including phenoxy) is 1. The monoisotopic (exact) mass is 447 g/mol. The van der Waals surface area contributed by atoms with Crippen LogP contribution in [0.5, 0.6) is 5.88 Å². The van der Waals surface area contributed by atoms with E-state index in [0.29, 0.717) is 36.2 Å². The van der Waals surface area contributed by atoms with Crippen LogP contribution in [0, 0.1) is 30.1 Å². The van der Waals surface area contributed by atoms with Crippen molar-refractivity contribution in [3.05, 3.63) is 47.9 Å². The van der Waals surface area contributed by atoms with Crippen LogP contribution in [0.25, 0.3) is 11.0 Å². The molecule has 0 aliphatic heterocycles. The van der Waals surface area contributed by atoms with Crippen molar-refractivity contribution in [1.29, 1.82) is 5.26 Å². The average Bonchev–Trinajstić information content (AvgIpc) is 3.20. The Morgan fingerprint density at radius 2 is 2.12 bits per heavy atom. The topological polar surface area (TPSA) is 104 Å². The summed E-state index contributed by atoms with van der Waals surface area (Å²) in [6.07, 6.45) is 6.60. The van der Waals surface area contributed by atoms with Crippen molar-refractivity contribution in [3.8, 4) is 11.9 Å². The number of rotatable bonds is 7. The molecule has 1 saturated carbocycles. The van der Waals surface area contributed by atoms with Gasteiger partial charge in [0.1, 0.15) is 0 Å². The lowest BCUT2D eigenvalue weighted by Crippen LogP contribution is -2.37. The quantitative estimate of drug-likeness (QED) is 0.546. The van der Waals surface area contributed by atoms with E-state index < -0.39 is 6.09 Å².